The molecule has 0 radical (unpaired) electrons. The maximum atomic E-state index is 11.3. The number of amides is 3. The van der Waals surface area contributed by atoms with Gasteiger partial charge in [-0.25, -0.2) is 4.79 Å². The summed E-state index contributed by atoms with van der Waals surface area (Å²) in [5.74, 6) is -0.187. The number of imide groups is 1. The van der Waals surface area contributed by atoms with Crippen LogP contribution in [0.5, 0.6) is 0 Å². The van der Waals surface area contributed by atoms with Crippen LogP contribution in [0.3, 0.4) is 0 Å². The van der Waals surface area contributed by atoms with Gasteiger partial charge in [0.2, 0.25) is 5.91 Å². The van der Waals surface area contributed by atoms with E-state index in [0.717, 1.165) is 0 Å². The SMILES string of the molecule is CC(C)NC(=O)NC(=O)CSC(C)C(C)O. The zero-order valence-corrected chi connectivity index (χ0v) is 10.9. The largest absolute Gasteiger partial charge is 0.392 e. The highest BCUT2D eigenvalue weighted by molar-refractivity contribution is 8.00. The van der Waals surface area contributed by atoms with Crippen molar-refractivity contribution < 1.29 is 14.7 Å². The molecule has 0 fully saturated rings. The lowest BCUT2D eigenvalue weighted by Gasteiger charge is -2.14. The average molecular weight is 248 g/mol. The molecule has 2 unspecified atom stereocenters. The maximum absolute atomic E-state index is 11.3. The van der Waals surface area contributed by atoms with E-state index in [9.17, 15) is 14.7 Å². The van der Waals surface area contributed by atoms with Crippen LogP contribution in [-0.2, 0) is 4.79 Å². The first-order chi connectivity index (χ1) is 7.32. The molecule has 3 N–H and O–H groups in total. The molecule has 0 bridgehead atoms. The Morgan fingerprint density at radius 3 is 2.25 bits per heavy atom. The summed E-state index contributed by atoms with van der Waals surface area (Å²) < 4.78 is 0. The molecule has 5 nitrogen and oxygen atoms in total. The van der Waals surface area contributed by atoms with E-state index in [0.29, 0.717) is 0 Å². The number of aliphatic hydroxyl groups excluding tert-OH is 1. The third-order valence-electron chi connectivity index (χ3n) is 1.83. The van der Waals surface area contributed by atoms with E-state index in [4.69, 9.17) is 0 Å². The molecular formula is C10H20N2O3S. The summed E-state index contributed by atoms with van der Waals surface area (Å²) in [6.07, 6.45) is -0.470. The van der Waals surface area contributed by atoms with Gasteiger partial charge in [0.25, 0.3) is 0 Å². The van der Waals surface area contributed by atoms with Crippen LogP contribution in [0.1, 0.15) is 27.7 Å². The molecule has 0 saturated heterocycles. The van der Waals surface area contributed by atoms with E-state index in [1.807, 2.05) is 20.8 Å². The van der Waals surface area contributed by atoms with E-state index >= 15 is 0 Å². The molecule has 0 spiro atoms. The Morgan fingerprint density at radius 2 is 1.81 bits per heavy atom. The molecule has 0 aliphatic rings. The summed E-state index contributed by atoms with van der Waals surface area (Å²) in [6, 6.07) is -0.484. The van der Waals surface area contributed by atoms with Crippen molar-refractivity contribution in [3.63, 3.8) is 0 Å². The molecule has 6 heteroatoms. The summed E-state index contributed by atoms with van der Waals surface area (Å²) in [5.41, 5.74) is 0. The molecule has 0 aliphatic heterocycles. The van der Waals surface area contributed by atoms with Crippen molar-refractivity contribution >= 4 is 23.7 Å². The van der Waals surface area contributed by atoms with Gasteiger partial charge in [0, 0.05) is 11.3 Å². The number of hydrogen-bond acceptors (Lipinski definition) is 4. The van der Waals surface area contributed by atoms with Gasteiger partial charge >= 0.3 is 6.03 Å². The van der Waals surface area contributed by atoms with Crippen molar-refractivity contribution in [3.8, 4) is 0 Å². The number of carbonyl (C=O) groups excluding carboxylic acids is 2. The fraction of sp³-hybridized carbons (Fsp3) is 0.800. The van der Waals surface area contributed by atoms with Crippen LogP contribution in [0.25, 0.3) is 0 Å². The highest BCUT2D eigenvalue weighted by Crippen LogP contribution is 2.13. The van der Waals surface area contributed by atoms with Gasteiger partial charge in [-0.2, -0.15) is 0 Å². The van der Waals surface area contributed by atoms with Gasteiger partial charge in [-0.3, -0.25) is 10.1 Å². The Labute approximate surface area is 100 Å². The molecule has 94 valence electrons. The van der Waals surface area contributed by atoms with E-state index < -0.39 is 12.1 Å². The van der Waals surface area contributed by atoms with Crippen molar-refractivity contribution in [1.82, 2.24) is 10.6 Å². The normalized spacial score (nSPS) is 14.4. The second-order valence-electron chi connectivity index (χ2n) is 3.93. The van der Waals surface area contributed by atoms with Gasteiger partial charge < -0.3 is 10.4 Å². The minimum Gasteiger partial charge on any atom is -0.392 e. The predicted octanol–water partition coefficient (Wildman–Crippen LogP) is 0.723. The van der Waals surface area contributed by atoms with Gasteiger partial charge in [0.1, 0.15) is 0 Å². The van der Waals surface area contributed by atoms with Crippen LogP contribution in [0.15, 0.2) is 0 Å². The Balaban J connectivity index is 3.78. The maximum Gasteiger partial charge on any atom is 0.321 e. The van der Waals surface area contributed by atoms with E-state index in [-0.39, 0.29) is 23.0 Å². The summed E-state index contributed by atoms with van der Waals surface area (Å²) in [6.45, 7) is 7.13. The van der Waals surface area contributed by atoms with E-state index in [1.54, 1.807) is 6.92 Å². The van der Waals surface area contributed by atoms with Gasteiger partial charge in [-0.1, -0.05) is 6.92 Å². The number of carbonyl (C=O) groups is 2. The minimum atomic E-state index is -0.481. The van der Waals surface area contributed by atoms with Gasteiger partial charge in [0.15, 0.2) is 0 Å². The molecule has 16 heavy (non-hydrogen) atoms. The Bertz CT molecular complexity index is 244. The van der Waals surface area contributed by atoms with Gasteiger partial charge in [0.05, 0.1) is 11.9 Å². The number of rotatable bonds is 5. The molecule has 0 aliphatic carbocycles. The first-order valence-electron chi connectivity index (χ1n) is 5.23. The molecule has 3 amide bonds. The zero-order valence-electron chi connectivity index (χ0n) is 10.1. The fourth-order valence-corrected chi connectivity index (χ4v) is 1.57. The predicted molar refractivity (Wildman–Crippen MR) is 65.4 cm³/mol. The second-order valence-corrected chi connectivity index (χ2v) is 5.30. The zero-order chi connectivity index (χ0) is 12.7. The number of hydrogen-bond donors (Lipinski definition) is 3. The molecule has 0 aromatic rings. The van der Waals surface area contributed by atoms with Crippen molar-refractivity contribution in [2.75, 3.05) is 5.75 Å². The molecule has 0 aromatic carbocycles. The van der Waals surface area contributed by atoms with Crippen molar-refractivity contribution in [2.45, 2.75) is 45.1 Å². The Hall–Kier alpha value is -0.750. The summed E-state index contributed by atoms with van der Waals surface area (Å²) >= 11 is 1.31. The molecule has 2 atom stereocenters. The smallest absolute Gasteiger partial charge is 0.321 e. The van der Waals surface area contributed by atoms with Crippen LogP contribution in [0.4, 0.5) is 4.79 Å². The van der Waals surface area contributed by atoms with Crippen LogP contribution >= 0.6 is 11.8 Å². The van der Waals surface area contributed by atoms with Gasteiger partial charge in [-0.15, -0.1) is 11.8 Å². The lowest BCUT2D eigenvalue weighted by atomic mass is 10.3. The molecule has 0 heterocycles. The van der Waals surface area contributed by atoms with Crippen LogP contribution in [0, 0.1) is 0 Å². The Kier molecular flexibility index (Phi) is 7.16. The summed E-state index contributed by atoms with van der Waals surface area (Å²) in [5, 5.41) is 13.9. The summed E-state index contributed by atoms with van der Waals surface area (Å²) in [4.78, 5) is 22.4. The molecule has 0 saturated carbocycles. The third-order valence-corrected chi connectivity index (χ3v) is 3.18. The number of urea groups is 1. The topological polar surface area (TPSA) is 78.4 Å². The number of thioether (sulfide) groups is 1. The van der Waals surface area contributed by atoms with Crippen LogP contribution in [-0.4, -0.2) is 40.2 Å². The van der Waals surface area contributed by atoms with Crippen molar-refractivity contribution in [3.05, 3.63) is 0 Å². The number of aliphatic hydroxyl groups is 1. The van der Waals surface area contributed by atoms with Crippen molar-refractivity contribution in [2.24, 2.45) is 0 Å². The standard InChI is InChI=1S/C10H20N2O3S/c1-6(2)11-10(15)12-9(14)5-16-8(4)7(3)13/h6-8,13H,5H2,1-4H3,(H2,11,12,14,15). The lowest BCUT2D eigenvalue weighted by molar-refractivity contribution is -0.117. The third kappa shape index (κ3) is 7.53. The Morgan fingerprint density at radius 1 is 1.25 bits per heavy atom. The minimum absolute atomic E-state index is 0.00293. The average Bonchev–Trinajstić information content (AvgIpc) is 2.12. The van der Waals surface area contributed by atoms with Crippen molar-refractivity contribution in [1.29, 1.82) is 0 Å². The molecular weight excluding hydrogens is 228 g/mol. The van der Waals surface area contributed by atoms with Gasteiger partial charge in [-0.05, 0) is 20.8 Å². The van der Waals surface area contributed by atoms with Crippen LogP contribution < -0.4 is 10.6 Å². The first kappa shape index (κ1) is 15.2. The van der Waals surface area contributed by atoms with Crippen LogP contribution in [0.2, 0.25) is 0 Å². The molecule has 0 aromatic heterocycles. The van der Waals surface area contributed by atoms with E-state index in [1.165, 1.54) is 11.8 Å². The quantitative estimate of drug-likeness (QED) is 0.670. The van der Waals surface area contributed by atoms with E-state index in [2.05, 4.69) is 10.6 Å². The first-order valence-corrected chi connectivity index (χ1v) is 6.27. The fourth-order valence-electron chi connectivity index (χ4n) is 0.807. The number of nitrogens with one attached hydrogen (secondary N) is 2. The second kappa shape index (κ2) is 7.51. The molecule has 0 rings (SSSR count). The monoisotopic (exact) mass is 248 g/mol. The lowest BCUT2D eigenvalue weighted by Crippen LogP contribution is -2.43. The highest BCUT2D eigenvalue weighted by atomic mass is 32.2. The summed E-state index contributed by atoms with van der Waals surface area (Å²) in [7, 11) is 0. The highest BCUT2D eigenvalue weighted by Gasteiger charge is 2.13.